The second kappa shape index (κ2) is 15.2. The third-order valence-electron chi connectivity index (χ3n) is 8.15. The van der Waals surface area contributed by atoms with Crippen molar-refractivity contribution in [2.24, 2.45) is 0 Å². The van der Waals surface area contributed by atoms with Gasteiger partial charge >= 0.3 is 5.97 Å². The molecule has 10 nitrogen and oxygen atoms in total. The number of nitrogens with zero attached hydrogens (tertiary/aromatic N) is 4. The summed E-state index contributed by atoms with van der Waals surface area (Å²) < 4.78 is 23.6. The van der Waals surface area contributed by atoms with Crippen molar-refractivity contribution in [3.05, 3.63) is 84.2 Å². The zero-order chi connectivity index (χ0) is 32.6. The van der Waals surface area contributed by atoms with Crippen LogP contribution < -0.4 is 19.9 Å². The number of thiocarbonyl (C=S) groups is 1. The number of methoxy groups -OCH3 is 1. The number of anilines is 3. The summed E-state index contributed by atoms with van der Waals surface area (Å²) in [5.74, 6) is -0.636. The smallest absolute Gasteiger partial charge is 0.338 e. The van der Waals surface area contributed by atoms with Crippen molar-refractivity contribution in [3.8, 4) is 5.75 Å². The van der Waals surface area contributed by atoms with Gasteiger partial charge in [0.25, 0.3) is 5.91 Å². The van der Waals surface area contributed by atoms with Gasteiger partial charge in [-0.2, -0.15) is 0 Å². The lowest BCUT2D eigenvalue weighted by atomic mass is 10.1. The number of hydrogen-bond acceptors (Lipinski definition) is 8. The number of amides is 2. The van der Waals surface area contributed by atoms with E-state index in [1.54, 1.807) is 74.7 Å². The summed E-state index contributed by atoms with van der Waals surface area (Å²) in [4.78, 5) is 47.0. The van der Waals surface area contributed by atoms with Gasteiger partial charge in [0.1, 0.15) is 17.6 Å². The molecule has 3 aromatic rings. The summed E-state index contributed by atoms with van der Waals surface area (Å²) in [6.07, 6.45) is 0.648. The number of carbonyl (C=O) groups excluding carboxylic acids is 3. The third kappa shape index (κ3) is 7.80. The molecule has 1 N–H and O–H groups in total. The van der Waals surface area contributed by atoms with Crippen LogP contribution in [0.15, 0.2) is 72.8 Å². The molecular weight excluding hydrogens is 609 g/mol. The van der Waals surface area contributed by atoms with Gasteiger partial charge in [0, 0.05) is 44.1 Å². The van der Waals surface area contributed by atoms with E-state index < -0.39 is 12.0 Å². The fourth-order valence-corrected chi connectivity index (χ4v) is 6.11. The lowest BCUT2D eigenvalue weighted by Crippen LogP contribution is -2.47. The Balaban J connectivity index is 1.24. The Bertz CT molecular complexity index is 1530. The average Bonchev–Trinajstić information content (AvgIpc) is 3.29. The Labute approximate surface area is 273 Å². The first-order chi connectivity index (χ1) is 22.3. The van der Waals surface area contributed by atoms with Gasteiger partial charge in [-0.3, -0.25) is 19.4 Å². The van der Waals surface area contributed by atoms with Gasteiger partial charge in [0.2, 0.25) is 5.91 Å². The molecular formula is C34H38FN5O5S. The van der Waals surface area contributed by atoms with Crippen molar-refractivity contribution >= 4 is 52.2 Å². The van der Waals surface area contributed by atoms with Gasteiger partial charge in [0.05, 0.1) is 31.4 Å². The zero-order valence-corrected chi connectivity index (χ0v) is 26.8. The first-order valence-corrected chi connectivity index (χ1v) is 15.8. The quantitative estimate of drug-likeness (QED) is 0.225. The van der Waals surface area contributed by atoms with Crippen LogP contribution >= 0.6 is 12.2 Å². The fourth-order valence-electron chi connectivity index (χ4n) is 5.69. The van der Waals surface area contributed by atoms with Crippen molar-refractivity contribution in [1.29, 1.82) is 0 Å². The van der Waals surface area contributed by atoms with Gasteiger partial charge in [-0.1, -0.05) is 0 Å². The van der Waals surface area contributed by atoms with E-state index in [4.69, 9.17) is 21.7 Å². The Morgan fingerprint density at radius 1 is 0.913 bits per heavy atom. The topological polar surface area (TPSA) is 94.7 Å². The minimum Gasteiger partial charge on any atom is -0.497 e. The highest BCUT2D eigenvalue weighted by Crippen LogP contribution is 2.28. The molecule has 0 saturated carbocycles. The predicted molar refractivity (Wildman–Crippen MR) is 179 cm³/mol. The minimum atomic E-state index is -0.786. The second-order valence-corrected chi connectivity index (χ2v) is 11.4. The van der Waals surface area contributed by atoms with E-state index >= 15 is 0 Å². The van der Waals surface area contributed by atoms with Gasteiger partial charge in [-0.25, -0.2) is 9.18 Å². The third-order valence-corrected chi connectivity index (χ3v) is 8.56. The lowest BCUT2D eigenvalue weighted by molar-refractivity contribution is -0.124. The van der Waals surface area contributed by atoms with E-state index in [-0.39, 0.29) is 30.7 Å². The van der Waals surface area contributed by atoms with Crippen molar-refractivity contribution in [3.63, 3.8) is 0 Å². The number of rotatable bonds is 12. The number of halogens is 1. The maximum Gasteiger partial charge on any atom is 0.338 e. The molecule has 242 valence electrons. The maximum absolute atomic E-state index is 13.8. The Kier molecular flexibility index (Phi) is 10.8. The van der Waals surface area contributed by atoms with Crippen LogP contribution in [0.3, 0.4) is 0 Å². The van der Waals surface area contributed by atoms with Crippen molar-refractivity contribution in [2.75, 3.05) is 68.1 Å². The molecule has 0 aromatic heterocycles. The van der Waals surface area contributed by atoms with Crippen LogP contribution in [0.25, 0.3) is 0 Å². The van der Waals surface area contributed by atoms with E-state index in [0.29, 0.717) is 34.3 Å². The van der Waals surface area contributed by atoms with Crippen LogP contribution in [0.1, 0.15) is 30.1 Å². The summed E-state index contributed by atoms with van der Waals surface area (Å²) in [6, 6.07) is 19.3. The molecule has 12 heteroatoms. The molecule has 0 bridgehead atoms. The number of nitrogens with one attached hydrogen (secondary N) is 1. The summed E-state index contributed by atoms with van der Waals surface area (Å²) in [5, 5.41) is 3.19. The SMILES string of the molecule is CCOC(=O)c1ccc(N2C(=O)[C@H](CC(=O)Nc3ccc(OC)cc3)N(CCCN3CCN(c4ccc(F)cc4)CC3)C2=S)cc1. The van der Waals surface area contributed by atoms with E-state index in [2.05, 4.69) is 15.1 Å². The average molecular weight is 648 g/mol. The monoisotopic (exact) mass is 647 g/mol. The summed E-state index contributed by atoms with van der Waals surface area (Å²) >= 11 is 5.83. The summed E-state index contributed by atoms with van der Waals surface area (Å²) in [6.45, 7) is 6.65. The summed E-state index contributed by atoms with van der Waals surface area (Å²) in [7, 11) is 1.57. The van der Waals surface area contributed by atoms with Crippen molar-refractivity contribution in [1.82, 2.24) is 9.80 Å². The largest absolute Gasteiger partial charge is 0.497 e. The van der Waals surface area contributed by atoms with Gasteiger partial charge < -0.3 is 24.6 Å². The zero-order valence-electron chi connectivity index (χ0n) is 26.0. The molecule has 2 heterocycles. The van der Waals surface area contributed by atoms with Crippen LogP contribution in [0, 0.1) is 5.82 Å². The van der Waals surface area contributed by atoms with Crippen LogP contribution in [-0.2, 0) is 14.3 Å². The van der Waals surface area contributed by atoms with Crippen LogP contribution in [-0.4, -0.2) is 91.7 Å². The molecule has 2 fully saturated rings. The molecule has 2 amide bonds. The summed E-state index contributed by atoms with van der Waals surface area (Å²) in [5.41, 5.74) is 2.49. The molecule has 0 spiro atoms. The molecule has 1 atom stereocenters. The number of ether oxygens (including phenoxy) is 2. The Morgan fingerprint density at radius 3 is 2.20 bits per heavy atom. The molecule has 2 aliphatic rings. The number of esters is 1. The highest BCUT2D eigenvalue weighted by atomic mass is 32.1. The van der Waals surface area contributed by atoms with Gasteiger partial charge in [-0.15, -0.1) is 0 Å². The highest BCUT2D eigenvalue weighted by molar-refractivity contribution is 7.80. The van der Waals surface area contributed by atoms with E-state index in [0.717, 1.165) is 44.8 Å². The molecule has 5 rings (SSSR count). The van der Waals surface area contributed by atoms with E-state index in [9.17, 15) is 18.8 Å². The molecule has 2 aliphatic heterocycles. The Morgan fingerprint density at radius 2 is 1.57 bits per heavy atom. The number of benzene rings is 3. The minimum absolute atomic E-state index is 0.0846. The number of piperazine rings is 1. The van der Waals surface area contributed by atoms with Crippen LogP contribution in [0.4, 0.5) is 21.5 Å². The van der Waals surface area contributed by atoms with E-state index in [1.807, 2.05) is 4.90 Å². The van der Waals surface area contributed by atoms with Crippen molar-refractivity contribution in [2.45, 2.75) is 25.8 Å². The molecule has 0 unspecified atom stereocenters. The lowest BCUT2D eigenvalue weighted by Gasteiger charge is -2.36. The standard InChI is InChI=1S/C34H38FN5O5S/c1-3-45-33(43)24-5-11-28(12-6-24)40-32(42)30(23-31(41)36-26-9-15-29(44-2)16-10-26)39(34(40)46)18-4-17-37-19-21-38(22-20-37)27-13-7-25(35)8-14-27/h5-16,30H,3-4,17-23H2,1-2H3,(H,36,41)/t30-/m0/s1. The second-order valence-electron chi connectivity index (χ2n) is 11.1. The van der Waals surface area contributed by atoms with E-state index in [1.165, 1.54) is 17.0 Å². The first-order valence-electron chi connectivity index (χ1n) is 15.4. The number of hydrogen-bond donors (Lipinski definition) is 1. The highest BCUT2D eigenvalue weighted by Gasteiger charge is 2.44. The molecule has 2 saturated heterocycles. The maximum atomic E-state index is 13.8. The van der Waals surface area contributed by atoms with Crippen LogP contribution in [0.5, 0.6) is 5.75 Å². The van der Waals surface area contributed by atoms with Crippen molar-refractivity contribution < 1.29 is 28.2 Å². The predicted octanol–water partition coefficient (Wildman–Crippen LogP) is 4.55. The first kappa shape index (κ1) is 32.8. The normalized spacial score (nSPS) is 16.9. The number of carbonyl (C=O) groups is 3. The van der Waals surface area contributed by atoms with Gasteiger partial charge in [0.15, 0.2) is 5.11 Å². The molecule has 0 radical (unpaired) electrons. The fraction of sp³-hybridized carbons (Fsp3) is 0.353. The Hall–Kier alpha value is -4.55. The molecule has 0 aliphatic carbocycles. The molecule has 3 aromatic carbocycles. The van der Waals surface area contributed by atoms with Crippen LogP contribution in [0.2, 0.25) is 0 Å². The van der Waals surface area contributed by atoms with Gasteiger partial charge in [-0.05, 0) is 105 Å². The molecule has 46 heavy (non-hydrogen) atoms.